The molecule has 0 aromatic carbocycles. The van der Waals surface area contributed by atoms with Gasteiger partial charge in [-0.2, -0.15) is 0 Å². The van der Waals surface area contributed by atoms with E-state index in [0.29, 0.717) is 29.2 Å². The SMILES string of the molecule is CCCC1CC1NC(=O)c1nc(C(C)C)ncc1NC. The molecule has 0 spiro atoms. The van der Waals surface area contributed by atoms with E-state index in [9.17, 15) is 4.79 Å². The molecule has 1 aliphatic carbocycles. The molecule has 20 heavy (non-hydrogen) atoms. The number of hydrogen-bond acceptors (Lipinski definition) is 4. The lowest BCUT2D eigenvalue weighted by Gasteiger charge is -2.11. The van der Waals surface area contributed by atoms with Crippen molar-refractivity contribution >= 4 is 11.6 Å². The summed E-state index contributed by atoms with van der Waals surface area (Å²) in [7, 11) is 1.78. The molecule has 1 aliphatic rings. The van der Waals surface area contributed by atoms with E-state index >= 15 is 0 Å². The van der Waals surface area contributed by atoms with Crippen LogP contribution in [0.3, 0.4) is 0 Å². The van der Waals surface area contributed by atoms with E-state index in [4.69, 9.17) is 0 Å². The second-order valence-electron chi connectivity index (χ2n) is 5.76. The minimum Gasteiger partial charge on any atom is -0.385 e. The molecular formula is C15H24N4O. The Bertz CT molecular complexity index is 487. The van der Waals surface area contributed by atoms with Gasteiger partial charge in [-0.25, -0.2) is 9.97 Å². The van der Waals surface area contributed by atoms with Crippen LogP contribution in [0.2, 0.25) is 0 Å². The van der Waals surface area contributed by atoms with Crippen LogP contribution < -0.4 is 10.6 Å². The molecule has 1 aromatic rings. The third kappa shape index (κ3) is 3.26. The molecule has 1 fully saturated rings. The van der Waals surface area contributed by atoms with E-state index in [-0.39, 0.29) is 11.8 Å². The first-order valence-electron chi connectivity index (χ1n) is 7.42. The third-order valence-corrected chi connectivity index (χ3v) is 3.71. The van der Waals surface area contributed by atoms with Crippen LogP contribution in [0.1, 0.15) is 62.3 Å². The molecule has 1 amide bonds. The largest absolute Gasteiger partial charge is 0.385 e. The highest BCUT2D eigenvalue weighted by Crippen LogP contribution is 2.34. The summed E-state index contributed by atoms with van der Waals surface area (Å²) in [6, 6.07) is 0.324. The van der Waals surface area contributed by atoms with Gasteiger partial charge in [-0.05, 0) is 18.8 Å². The molecule has 110 valence electrons. The van der Waals surface area contributed by atoms with Gasteiger partial charge in [0.1, 0.15) is 5.82 Å². The predicted octanol–water partition coefficient (Wildman–Crippen LogP) is 2.56. The lowest BCUT2D eigenvalue weighted by molar-refractivity contribution is 0.0944. The first-order chi connectivity index (χ1) is 9.56. The van der Waals surface area contributed by atoms with Crippen LogP contribution in [0.15, 0.2) is 6.20 Å². The summed E-state index contributed by atoms with van der Waals surface area (Å²) in [5.74, 6) is 1.46. The average Bonchev–Trinajstić information content (AvgIpc) is 3.16. The van der Waals surface area contributed by atoms with Crippen molar-refractivity contribution < 1.29 is 4.79 Å². The van der Waals surface area contributed by atoms with E-state index in [1.165, 1.54) is 12.8 Å². The van der Waals surface area contributed by atoms with Gasteiger partial charge in [-0.1, -0.05) is 27.2 Å². The monoisotopic (exact) mass is 276 g/mol. The molecule has 0 bridgehead atoms. The molecule has 2 N–H and O–H groups in total. The number of rotatable bonds is 6. The van der Waals surface area contributed by atoms with Gasteiger partial charge in [0.2, 0.25) is 0 Å². The van der Waals surface area contributed by atoms with Gasteiger partial charge in [-0.3, -0.25) is 4.79 Å². The van der Waals surface area contributed by atoms with Gasteiger partial charge in [0.25, 0.3) is 5.91 Å². The smallest absolute Gasteiger partial charge is 0.272 e. The molecule has 0 radical (unpaired) electrons. The zero-order valence-electron chi connectivity index (χ0n) is 12.7. The number of aromatic nitrogens is 2. The molecular weight excluding hydrogens is 252 g/mol. The molecule has 5 nitrogen and oxygen atoms in total. The molecule has 2 atom stereocenters. The summed E-state index contributed by atoms with van der Waals surface area (Å²) in [5, 5.41) is 6.06. The maximum atomic E-state index is 12.4. The van der Waals surface area contributed by atoms with Gasteiger partial charge in [0.05, 0.1) is 11.9 Å². The Morgan fingerprint density at radius 2 is 2.25 bits per heavy atom. The van der Waals surface area contributed by atoms with E-state index in [0.717, 1.165) is 6.42 Å². The van der Waals surface area contributed by atoms with Crippen LogP contribution in [-0.2, 0) is 0 Å². The fraction of sp³-hybridized carbons (Fsp3) is 0.667. The number of carbonyl (C=O) groups is 1. The van der Waals surface area contributed by atoms with E-state index in [1.807, 2.05) is 13.8 Å². The summed E-state index contributed by atoms with van der Waals surface area (Å²) in [6.07, 6.45) is 5.14. The van der Waals surface area contributed by atoms with E-state index in [2.05, 4.69) is 27.5 Å². The van der Waals surface area contributed by atoms with Gasteiger partial charge < -0.3 is 10.6 Å². The Labute approximate surface area is 120 Å². The standard InChI is InChI=1S/C15H24N4O/c1-5-6-10-7-11(10)18-15(20)13-12(16-4)8-17-14(19-13)9(2)3/h8-11,16H,5-7H2,1-4H3,(H,18,20). The van der Waals surface area contributed by atoms with Crippen molar-refractivity contribution in [2.75, 3.05) is 12.4 Å². The Balaban J connectivity index is 2.10. The van der Waals surface area contributed by atoms with Crippen LogP contribution in [0.5, 0.6) is 0 Å². The maximum Gasteiger partial charge on any atom is 0.272 e. The first-order valence-corrected chi connectivity index (χ1v) is 7.42. The van der Waals surface area contributed by atoms with Gasteiger partial charge in [0, 0.05) is 19.0 Å². The summed E-state index contributed by atoms with van der Waals surface area (Å²) in [6.45, 7) is 6.22. The van der Waals surface area contributed by atoms with Crippen LogP contribution in [0.25, 0.3) is 0 Å². The molecule has 5 heteroatoms. The predicted molar refractivity (Wildman–Crippen MR) is 79.9 cm³/mol. The topological polar surface area (TPSA) is 66.9 Å². The normalized spacial score (nSPS) is 20.9. The highest BCUT2D eigenvalue weighted by molar-refractivity contribution is 5.97. The van der Waals surface area contributed by atoms with Crippen LogP contribution in [0, 0.1) is 5.92 Å². The minimum atomic E-state index is -0.0951. The van der Waals surface area contributed by atoms with Crippen LogP contribution in [-0.4, -0.2) is 29.0 Å². The fourth-order valence-electron chi connectivity index (χ4n) is 2.38. The Morgan fingerprint density at radius 3 is 2.85 bits per heavy atom. The molecule has 2 unspecified atom stereocenters. The quantitative estimate of drug-likeness (QED) is 0.838. The Hall–Kier alpha value is -1.65. The fourth-order valence-corrected chi connectivity index (χ4v) is 2.38. The number of amides is 1. The summed E-state index contributed by atoms with van der Waals surface area (Å²) < 4.78 is 0. The van der Waals surface area contributed by atoms with Crippen molar-refractivity contribution in [3.05, 3.63) is 17.7 Å². The summed E-state index contributed by atoms with van der Waals surface area (Å²) in [4.78, 5) is 21.0. The average molecular weight is 276 g/mol. The second kappa shape index (κ2) is 6.20. The van der Waals surface area contributed by atoms with Crippen molar-refractivity contribution in [2.45, 2.75) is 52.0 Å². The lowest BCUT2D eigenvalue weighted by Crippen LogP contribution is -2.29. The first kappa shape index (κ1) is 14.8. The summed E-state index contributed by atoms with van der Waals surface area (Å²) in [5.41, 5.74) is 1.13. The number of nitrogens with one attached hydrogen (secondary N) is 2. The van der Waals surface area contributed by atoms with Crippen LogP contribution >= 0.6 is 0 Å². The highest BCUT2D eigenvalue weighted by Gasteiger charge is 2.37. The van der Waals surface area contributed by atoms with Crippen molar-refractivity contribution in [3.63, 3.8) is 0 Å². The highest BCUT2D eigenvalue weighted by atomic mass is 16.2. The van der Waals surface area contributed by atoms with Crippen molar-refractivity contribution in [3.8, 4) is 0 Å². The van der Waals surface area contributed by atoms with Crippen molar-refractivity contribution in [1.82, 2.24) is 15.3 Å². The van der Waals surface area contributed by atoms with Crippen LogP contribution in [0.4, 0.5) is 5.69 Å². The molecule has 1 heterocycles. The van der Waals surface area contributed by atoms with E-state index < -0.39 is 0 Å². The molecule has 1 saturated carbocycles. The zero-order valence-corrected chi connectivity index (χ0v) is 12.7. The third-order valence-electron chi connectivity index (χ3n) is 3.71. The molecule has 2 rings (SSSR count). The van der Waals surface area contributed by atoms with E-state index in [1.54, 1.807) is 13.2 Å². The summed E-state index contributed by atoms with van der Waals surface area (Å²) >= 11 is 0. The number of hydrogen-bond donors (Lipinski definition) is 2. The molecule has 1 aromatic heterocycles. The number of nitrogens with zero attached hydrogens (tertiary/aromatic N) is 2. The lowest BCUT2D eigenvalue weighted by atomic mass is 10.2. The van der Waals surface area contributed by atoms with Crippen molar-refractivity contribution in [1.29, 1.82) is 0 Å². The zero-order chi connectivity index (χ0) is 14.7. The van der Waals surface area contributed by atoms with Gasteiger partial charge >= 0.3 is 0 Å². The Kier molecular flexibility index (Phi) is 4.57. The second-order valence-corrected chi connectivity index (χ2v) is 5.76. The van der Waals surface area contributed by atoms with Gasteiger partial charge in [0.15, 0.2) is 5.69 Å². The number of carbonyl (C=O) groups excluding carboxylic acids is 1. The molecule has 0 aliphatic heterocycles. The van der Waals surface area contributed by atoms with Crippen molar-refractivity contribution in [2.24, 2.45) is 5.92 Å². The minimum absolute atomic E-state index is 0.0951. The maximum absolute atomic E-state index is 12.4. The number of anilines is 1. The van der Waals surface area contributed by atoms with Gasteiger partial charge in [-0.15, -0.1) is 0 Å². The Morgan fingerprint density at radius 1 is 1.50 bits per heavy atom. The molecule has 0 saturated heterocycles.